The highest BCUT2D eigenvalue weighted by molar-refractivity contribution is 7.94. The maximum Gasteiger partial charge on any atom is 0.254 e. The number of nitrogens with one attached hydrogen (secondary N) is 2. The lowest BCUT2D eigenvalue weighted by Gasteiger charge is -2.30. The molecule has 0 fully saturated rings. The average Bonchev–Trinajstić information content (AvgIpc) is 2.66. The quantitative estimate of drug-likeness (QED) is 0.593. The minimum atomic E-state index is -3.44. The zero-order valence-corrected chi connectivity index (χ0v) is 20.4. The second kappa shape index (κ2) is 9.73. The Labute approximate surface area is 187 Å². The first-order valence-electron chi connectivity index (χ1n) is 10.6. The summed E-state index contributed by atoms with van der Waals surface area (Å²) in [4.78, 5) is 14.6. The van der Waals surface area contributed by atoms with Crippen molar-refractivity contribution in [2.45, 2.75) is 71.8 Å². The fourth-order valence-electron chi connectivity index (χ4n) is 3.15. The Kier molecular flexibility index (Phi) is 7.76. The Morgan fingerprint density at radius 2 is 1.35 bits per heavy atom. The van der Waals surface area contributed by atoms with Crippen molar-refractivity contribution in [3.05, 3.63) is 59.7 Å². The van der Waals surface area contributed by atoms with Crippen LogP contribution in [0.15, 0.2) is 48.5 Å². The molecule has 2 aromatic carbocycles. The molecule has 0 aliphatic carbocycles. The molecule has 0 aromatic heterocycles. The van der Waals surface area contributed by atoms with Crippen LogP contribution in [0.3, 0.4) is 0 Å². The molecule has 2 rings (SSSR count). The van der Waals surface area contributed by atoms with Crippen LogP contribution in [0.2, 0.25) is 0 Å². The number of rotatable bonds is 8. The minimum Gasteiger partial charge on any atom is -0.381 e. The number of anilines is 2. The van der Waals surface area contributed by atoms with Crippen LogP contribution in [0, 0.1) is 0 Å². The number of hydrogen-bond donors (Lipinski definition) is 2. The van der Waals surface area contributed by atoms with E-state index in [0.717, 1.165) is 11.3 Å². The van der Waals surface area contributed by atoms with Gasteiger partial charge in [-0.1, -0.05) is 12.1 Å². The fourth-order valence-corrected chi connectivity index (χ4v) is 3.90. The normalized spacial score (nSPS) is 12.2. The first-order chi connectivity index (χ1) is 14.3. The van der Waals surface area contributed by atoms with Gasteiger partial charge in [0.05, 0.1) is 4.75 Å². The maximum absolute atomic E-state index is 12.8. The van der Waals surface area contributed by atoms with E-state index >= 15 is 0 Å². The SMILES string of the molecule is CC(C)N(C(=O)c1ccc(NCc2ccc(NS(=O)(=O)C(C)(C)C)cc2)cc1)C(C)C. The van der Waals surface area contributed by atoms with Crippen LogP contribution >= 0.6 is 0 Å². The number of benzene rings is 2. The number of hydrogen-bond acceptors (Lipinski definition) is 4. The van der Waals surface area contributed by atoms with E-state index in [4.69, 9.17) is 0 Å². The Morgan fingerprint density at radius 1 is 0.871 bits per heavy atom. The van der Waals surface area contributed by atoms with Gasteiger partial charge in [-0.3, -0.25) is 9.52 Å². The van der Waals surface area contributed by atoms with Crippen molar-refractivity contribution in [2.75, 3.05) is 10.0 Å². The fraction of sp³-hybridized carbons (Fsp3) is 0.458. The molecule has 6 nitrogen and oxygen atoms in total. The van der Waals surface area contributed by atoms with Crippen LogP contribution in [-0.4, -0.2) is 36.1 Å². The molecule has 2 N–H and O–H groups in total. The van der Waals surface area contributed by atoms with Crippen molar-refractivity contribution in [1.29, 1.82) is 0 Å². The summed E-state index contributed by atoms with van der Waals surface area (Å²) in [5.41, 5.74) is 3.14. The first-order valence-corrected chi connectivity index (χ1v) is 12.1. The molecular weight excluding hydrogens is 410 g/mol. The van der Waals surface area contributed by atoms with E-state index in [9.17, 15) is 13.2 Å². The molecule has 0 aliphatic rings. The van der Waals surface area contributed by atoms with E-state index in [1.54, 1.807) is 32.9 Å². The van der Waals surface area contributed by atoms with Crippen molar-refractivity contribution in [1.82, 2.24) is 4.90 Å². The predicted octanol–water partition coefficient (Wildman–Crippen LogP) is 5.10. The van der Waals surface area contributed by atoms with Crippen molar-refractivity contribution >= 4 is 27.3 Å². The highest BCUT2D eigenvalue weighted by Gasteiger charge is 2.28. The number of carbonyl (C=O) groups excluding carboxylic acids is 1. The summed E-state index contributed by atoms with van der Waals surface area (Å²) in [6.07, 6.45) is 0. The third-order valence-electron chi connectivity index (χ3n) is 4.99. The summed E-state index contributed by atoms with van der Waals surface area (Å²) in [7, 11) is -3.44. The van der Waals surface area contributed by atoms with E-state index in [1.165, 1.54) is 0 Å². The molecule has 7 heteroatoms. The summed E-state index contributed by atoms with van der Waals surface area (Å²) < 4.78 is 26.3. The van der Waals surface area contributed by atoms with Crippen LogP contribution in [0.5, 0.6) is 0 Å². The summed E-state index contributed by atoms with van der Waals surface area (Å²) >= 11 is 0. The summed E-state index contributed by atoms with van der Waals surface area (Å²) in [6, 6.07) is 15.0. The average molecular weight is 446 g/mol. The van der Waals surface area contributed by atoms with Crippen molar-refractivity contribution in [2.24, 2.45) is 0 Å². The molecule has 0 bridgehead atoms. The van der Waals surface area contributed by atoms with Crippen molar-refractivity contribution < 1.29 is 13.2 Å². The molecule has 0 radical (unpaired) electrons. The summed E-state index contributed by atoms with van der Waals surface area (Å²) in [5, 5.41) is 3.33. The summed E-state index contributed by atoms with van der Waals surface area (Å²) in [5.74, 6) is 0.0323. The zero-order chi connectivity index (χ0) is 23.4. The van der Waals surface area contributed by atoms with Gasteiger partial charge in [0.15, 0.2) is 0 Å². The van der Waals surface area contributed by atoms with Crippen LogP contribution < -0.4 is 10.0 Å². The smallest absolute Gasteiger partial charge is 0.254 e. The Bertz CT molecular complexity index is 966. The third kappa shape index (κ3) is 6.47. The molecular formula is C24H35N3O3S. The zero-order valence-electron chi connectivity index (χ0n) is 19.6. The molecule has 0 unspecified atom stereocenters. The van der Waals surface area contributed by atoms with Gasteiger partial charge in [0.2, 0.25) is 10.0 Å². The number of amides is 1. The lowest BCUT2D eigenvalue weighted by Crippen LogP contribution is -2.42. The van der Waals surface area contributed by atoms with Gasteiger partial charge >= 0.3 is 0 Å². The number of sulfonamides is 1. The third-order valence-corrected chi connectivity index (χ3v) is 7.10. The largest absolute Gasteiger partial charge is 0.381 e. The van der Waals surface area contributed by atoms with E-state index in [1.807, 2.05) is 69.0 Å². The first kappa shape index (κ1) is 24.7. The van der Waals surface area contributed by atoms with Crippen molar-refractivity contribution in [3.8, 4) is 0 Å². The van der Waals surface area contributed by atoms with Gasteiger partial charge in [0, 0.05) is 35.6 Å². The molecule has 0 heterocycles. The Hall–Kier alpha value is -2.54. The predicted molar refractivity (Wildman–Crippen MR) is 129 cm³/mol. The summed E-state index contributed by atoms with van der Waals surface area (Å²) in [6.45, 7) is 13.7. The van der Waals surface area contributed by atoms with Gasteiger partial charge in [0.25, 0.3) is 5.91 Å². The van der Waals surface area contributed by atoms with E-state index in [-0.39, 0.29) is 18.0 Å². The molecule has 31 heavy (non-hydrogen) atoms. The molecule has 0 saturated carbocycles. The lowest BCUT2D eigenvalue weighted by molar-refractivity contribution is 0.0643. The van der Waals surface area contributed by atoms with Gasteiger partial charge in [-0.05, 0) is 90.4 Å². The van der Waals surface area contributed by atoms with Crippen LogP contribution in [0.1, 0.15) is 64.4 Å². The van der Waals surface area contributed by atoms with Gasteiger partial charge < -0.3 is 10.2 Å². The molecule has 0 aliphatic heterocycles. The van der Waals surface area contributed by atoms with Crippen molar-refractivity contribution in [3.63, 3.8) is 0 Å². The molecule has 1 amide bonds. The van der Waals surface area contributed by atoms with E-state index in [0.29, 0.717) is 17.8 Å². The number of carbonyl (C=O) groups is 1. The maximum atomic E-state index is 12.8. The highest BCUT2D eigenvalue weighted by atomic mass is 32.2. The Morgan fingerprint density at radius 3 is 1.81 bits per heavy atom. The Balaban J connectivity index is 1.99. The molecule has 0 atom stereocenters. The van der Waals surface area contributed by atoms with Gasteiger partial charge in [0.1, 0.15) is 0 Å². The van der Waals surface area contributed by atoms with Gasteiger partial charge in [-0.25, -0.2) is 8.42 Å². The molecule has 2 aromatic rings. The van der Waals surface area contributed by atoms with Gasteiger partial charge in [-0.15, -0.1) is 0 Å². The van der Waals surface area contributed by atoms with E-state index < -0.39 is 14.8 Å². The van der Waals surface area contributed by atoms with Gasteiger partial charge in [-0.2, -0.15) is 0 Å². The molecule has 0 saturated heterocycles. The second-order valence-electron chi connectivity index (χ2n) is 9.25. The van der Waals surface area contributed by atoms with Crippen LogP contribution in [0.25, 0.3) is 0 Å². The van der Waals surface area contributed by atoms with Crippen LogP contribution in [-0.2, 0) is 16.6 Å². The number of nitrogens with zero attached hydrogens (tertiary/aromatic N) is 1. The highest BCUT2D eigenvalue weighted by Crippen LogP contribution is 2.20. The van der Waals surface area contributed by atoms with E-state index in [2.05, 4.69) is 10.0 Å². The second-order valence-corrected chi connectivity index (χ2v) is 11.7. The van der Waals surface area contributed by atoms with Crippen LogP contribution in [0.4, 0.5) is 11.4 Å². The molecule has 0 spiro atoms. The minimum absolute atomic E-state index is 0.0323. The lowest BCUT2D eigenvalue weighted by atomic mass is 10.1. The topological polar surface area (TPSA) is 78.5 Å². The monoisotopic (exact) mass is 445 g/mol. The standard InChI is InChI=1S/C24H35N3O3S/c1-17(2)27(18(3)4)23(28)20-10-14-21(15-11-20)25-16-19-8-12-22(13-9-19)26-31(29,30)24(5,6)7/h8-15,17-18,25-26H,16H2,1-7H3. The molecule has 170 valence electrons.